The average molecular weight is 346 g/mol. The highest BCUT2D eigenvalue weighted by Gasteiger charge is 2.35. The molecule has 2 aliphatic rings. The Kier molecular flexibility index (Phi) is 5.76. The van der Waals surface area contributed by atoms with Crippen LogP contribution in [0, 0.1) is 11.8 Å². The van der Waals surface area contributed by atoms with E-state index >= 15 is 0 Å². The molecule has 5 heteroatoms. The van der Waals surface area contributed by atoms with Crippen LogP contribution in [0.15, 0.2) is 35.6 Å². The molecule has 0 fully saturated rings. The Labute approximate surface area is 150 Å². The lowest BCUT2D eigenvalue weighted by atomic mass is 9.91. The van der Waals surface area contributed by atoms with Crippen molar-refractivity contribution in [3.05, 3.63) is 35.6 Å². The summed E-state index contributed by atoms with van der Waals surface area (Å²) in [5.41, 5.74) is 0.204. The zero-order valence-electron chi connectivity index (χ0n) is 16.1. The number of amides is 2. The van der Waals surface area contributed by atoms with E-state index < -0.39 is 0 Å². The minimum atomic E-state index is -0.337. The van der Waals surface area contributed by atoms with Gasteiger partial charge in [0, 0.05) is 23.6 Å². The minimum absolute atomic E-state index is 0.0153. The highest BCUT2D eigenvalue weighted by molar-refractivity contribution is 5.99. The van der Waals surface area contributed by atoms with Gasteiger partial charge in [0.25, 0.3) is 0 Å². The number of nitrogens with zero attached hydrogens (tertiary/aromatic N) is 1. The van der Waals surface area contributed by atoms with E-state index in [4.69, 9.17) is 4.74 Å². The van der Waals surface area contributed by atoms with Crippen LogP contribution in [0.3, 0.4) is 0 Å². The lowest BCUT2D eigenvalue weighted by molar-refractivity contribution is -0.133. The molecule has 5 nitrogen and oxygen atoms in total. The van der Waals surface area contributed by atoms with Gasteiger partial charge in [-0.15, -0.1) is 0 Å². The van der Waals surface area contributed by atoms with Gasteiger partial charge in [-0.2, -0.15) is 0 Å². The van der Waals surface area contributed by atoms with Crippen molar-refractivity contribution in [2.45, 2.75) is 52.6 Å². The average Bonchev–Trinajstić information content (AvgIpc) is 2.62. The van der Waals surface area contributed by atoms with Crippen molar-refractivity contribution in [1.82, 2.24) is 10.2 Å². The highest BCUT2D eigenvalue weighted by Crippen LogP contribution is 2.30. The number of fused-ring (bicyclic) bond motifs is 1. The van der Waals surface area contributed by atoms with Gasteiger partial charge in [0.1, 0.15) is 5.76 Å². The Balaban J connectivity index is 2.36. The summed E-state index contributed by atoms with van der Waals surface area (Å²) in [4.78, 5) is 27.4. The predicted octanol–water partition coefficient (Wildman–Crippen LogP) is 2.80. The zero-order chi connectivity index (χ0) is 18.8. The third-order valence-corrected chi connectivity index (χ3v) is 4.21. The molecule has 1 heterocycles. The molecule has 25 heavy (non-hydrogen) atoms. The summed E-state index contributed by atoms with van der Waals surface area (Å²) < 4.78 is 5.35. The normalized spacial score (nSPS) is 23.6. The lowest BCUT2D eigenvalue weighted by Crippen LogP contribution is -2.44. The molecule has 1 aliphatic heterocycles. The Bertz CT molecular complexity index is 623. The van der Waals surface area contributed by atoms with E-state index in [-0.39, 0.29) is 35.7 Å². The maximum atomic E-state index is 12.9. The Morgan fingerprint density at radius 1 is 1.36 bits per heavy atom. The Morgan fingerprint density at radius 2 is 2.04 bits per heavy atom. The molecule has 0 aromatic rings. The predicted molar refractivity (Wildman–Crippen MR) is 98.7 cm³/mol. The van der Waals surface area contributed by atoms with Crippen molar-refractivity contribution in [1.29, 1.82) is 0 Å². The van der Waals surface area contributed by atoms with E-state index in [2.05, 4.69) is 19.2 Å². The maximum Gasteiger partial charge on any atom is 0.247 e. The molecular weight excluding hydrogens is 316 g/mol. The monoisotopic (exact) mass is 346 g/mol. The van der Waals surface area contributed by atoms with E-state index in [1.54, 1.807) is 7.11 Å². The number of methoxy groups -OCH3 is 1. The second-order valence-electron chi connectivity index (χ2n) is 8.21. The fourth-order valence-corrected chi connectivity index (χ4v) is 3.16. The van der Waals surface area contributed by atoms with Crippen molar-refractivity contribution >= 4 is 11.8 Å². The first-order valence-corrected chi connectivity index (χ1v) is 8.87. The van der Waals surface area contributed by atoms with Crippen molar-refractivity contribution in [3.63, 3.8) is 0 Å². The van der Waals surface area contributed by atoms with E-state index in [9.17, 15) is 9.59 Å². The molecule has 138 valence electrons. The molecule has 1 N–H and O–H groups in total. The van der Waals surface area contributed by atoms with E-state index in [0.717, 1.165) is 5.76 Å². The molecule has 0 saturated heterocycles. The van der Waals surface area contributed by atoms with Crippen molar-refractivity contribution < 1.29 is 14.3 Å². The molecule has 2 amide bonds. The Hall–Kier alpha value is -2.04. The topological polar surface area (TPSA) is 58.6 Å². The molecule has 0 aromatic heterocycles. The molecule has 0 aromatic carbocycles. The number of allylic oxidation sites excluding steroid dienone is 1. The van der Waals surface area contributed by atoms with Crippen LogP contribution in [-0.2, 0) is 14.3 Å². The van der Waals surface area contributed by atoms with Crippen LogP contribution in [0.4, 0.5) is 0 Å². The quantitative estimate of drug-likeness (QED) is 0.851. The second-order valence-corrected chi connectivity index (χ2v) is 8.21. The van der Waals surface area contributed by atoms with Gasteiger partial charge < -0.3 is 15.0 Å². The summed E-state index contributed by atoms with van der Waals surface area (Å²) in [6.45, 7) is 10.6. The van der Waals surface area contributed by atoms with E-state index in [0.29, 0.717) is 18.0 Å². The molecule has 2 unspecified atom stereocenters. The standard InChI is InChI=1S/C20H30N2O3/c1-13(2)12-22-17-11-16(25-6)8-7-14(17)9-15(10-18(22)23)19(24)21-20(3,4)5/h7-9,11,13-14,17H,10,12H2,1-6H3,(H,21,24). The SMILES string of the molecule is COC1=CC2C(C=C1)C=C(C(=O)NC(C)(C)C)CC(=O)N2CC(C)C. The number of carbonyl (C=O) groups is 2. The van der Waals surface area contributed by atoms with Gasteiger partial charge >= 0.3 is 0 Å². The number of hydrogen-bond donors (Lipinski definition) is 1. The first-order chi connectivity index (χ1) is 11.6. The molecule has 0 spiro atoms. The van der Waals surface area contributed by atoms with E-state index in [1.165, 1.54) is 0 Å². The smallest absolute Gasteiger partial charge is 0.247 e. The van der Waals surface area contributed by atoms with Crippen LogP contribution < -0.4 is 5.32 Å². The minimum Gasteiger partial charge on any atom is -0.497 e. The van der Waals surface area contributed by atoms with Gasteiger partial charge in [-0.05, 0) is 38.8 Å². The summed E-state index contributed by atoms with van der Waals surface area (Å²) in [7, 11) is 1.62. The summed E-state index contributed by atoms with van der Waals surface area (Å²) in [5, 5.41) is 2.97. The fourth-order valence-electron chi connectivity index (χ4n) is 3.16. The third kappa shape index (κ3) is 4.97. The largest absolute Gasteiger partial charge is 0.497 e. The van der Waals surface area contributed by atoms with Crippen LogP contribution in [0.25, 0.3) is 0 Å². The molecule has 1 aliphatic carbocycles. The third-order valence-electron chi connectivity index (χ3n) is 4.21. The van der Waals surface area contributed by atoms with Crippen LogP contribution in [0.2, 0.25) is 0 Å². The molecule has 0 saturated carbocycles. The highest BCUT2D eigenvalue weighted by atomic mass is 16.5. The number of nitrogens with one attached hydrogen (secondary N) is 1. The van der Waals surface area contributed by atoms with Crippen LogP contribution in [0.1, 0.15) is 41.0 Å². The summed E-state index contributed by atoms with van der Waals surface area (Å²) in [6.07, 6.45) is 7.96. The zero-order valence-corrected chi connectivity index (χ0v) is 16.1. The lowest BCUT2D eigenvalue weighted by Gasteiger charge is -2.34. The summed E-state index contributed by atoms with van der Waals surface area (Å²) in [6, 6.07) is -0.116. The molecule has 0 bridgehead atoms. The van der Waals surface area contributed by atoms with Crippen molar-refractivity contribution in [2.75, 3.05) is 13.7 Å². The van der Waals surface area contributed by atoms with Crippen molar-refractivity contribution in [2.24, 2.45) is 11.8 Å². The Morgan fingerprint density at radius 3 is 2.60 bits per heavy atom. The maximum absolute atomic E-state index is 12.9. The molecular formula is C20H30N2O3. The number of hydrogen-bond acceptors (Lipinski definition) is 3. The van der Waals surface area contributed by atoms with Crippen LogP contribution >= 0.6 is 0 Å². The van der Waals surface area contributed by atoms with Gasteiger partial charge in [0.15, 0.2) is 0 Å². The second kappa shape index (κ2) is 7.46. The number of ether oxygens (including phenoxy) is 1. The van der Waals surface area contributed by atoms with E-state index in [1.807, 2.05) is 50.0 Å². The van der Waals surface area contributed by atoms with Gasteiger partial charge in [0.2, 0.25) is 11.8 Å². The molecule has 2 rings (SSSR count). The summed E-state index contributed by atoms with van der Waals surface area (Å²) >= 11 is 0. The van der Waals surface area contributed by atoms with Crippen LogP contribution in [0.5, 0.6) is 0 Å². The van der Waals surface area contributed by atoms with Crippen LogP contribution in [-0.4, -0.2) is 41.9 Å². The first kappa shape index (κ1) is 19.3. The first-order valence-electron chi connectivity index (χ1n) is 8.87. The van der Waals surface area contributed by atoms with Gasteiger partial charge in [-0.25, -0.2) is 0 Å². The summed E-state index contributed by atoms with van der Waals surface area (Å²) in [5.74, 6) is 0.892. The molecule has 2 atom stereocenters. The fraction of sp³-hybridized carbons (Fsp3) is 0.600. The number of carbonyl (C=O) groups excluding carboxylic acids is 2. The van der Waals surface area contributed by atoms with Gasteiger partial charge in [-0.3, -0.25) is 9.59 Å². The van der Waals surface area contributed by atoms with Crippen molar-refractivity contribution in [3.8, 4) is 0 Å². The van der Waals surface area contributed by atoms with Gasteiger partial charge in [-0.1, -0.05) is 26.0 Å². The van der Waals surface area contributed by atoms with Gasteiger partial charge in [0.05, 0.1) is 19.6 Å². The number of rotatable bonds is 4. The molecule has 0 radical (unpaired) electrons.